The number of amides is 1. The molecule has 4 rings (SSSR count). The van der Waals surface area contributed by atoms with Crippen molar-refractivity contribution in [3.63, 3.8) is 0 Å². The summed E-state index contributed by atoms with van der Waals surface area (Å²) in [4.78, 5) is 21.5. The first-order chi connectivity index (χ1) is 14.8. The lowest BCUT2D eigenvalue weighted by Gasteiger charge is -2.60. The third-order valence-corrected chi connectivity index (χ3v) is 11.0. The van der Waals surface area contributed by atoms with Crippen molar-refractivity contribution in [2.24, 2.45) is 10.7 Å². The van der Waals surface area contributed by atoms with Crippen LogP contribution in [0, 0.1) is 12.7 Å². The van der Waals surface area contributed by atoms with Gasteiger partial charge in [-0.3, -0.25) is 18.9 Å². The van der Waals surface area contributed by atoms with Crippen molar-refractivity contribution in [2.45, 2.75) is 55.6 Å². The first kappa shape index (κ1) is 23.0. The molecule has 0 aliphatic carbocycles. The summed E-state index contributed by atoms with van der Waals surface area (Å²) in [5.74, 6) is -0.947. The number of benzene rings is 1. The number of anilines is 1. The minimum atomic E-state index is -3.27. The molecule has 1 saturated heterocycles. The quantitative estimate of drug-likeness (QED) is 0.488. The van der Waals surface area contributed by atoms with Gasteiger partial charge in [0.1, 0.15) is 27.6 Å². The van der Waals surface area contributed by atoms with Crippen LogP contribution in [-0.4, -0.2) is 35.3 Å². The number of nitrogens with one attached hydrogen (secondary N) is 1. The first-order valence-electron chi connectivity index (χ1n) is 10.1. The van der Waals surface area contributed by atoms with Gasteiger partial charge in [-0.15, -0.1) is 0 Å². The highest BCUT2D eigenvalue weighted by Gasteiger charge is 2.69. The Morgan fingerprint density at radius 1 is 1.25 bits per heavy atom. The van der Waals surface area contributed by atoms with Gasteiger partial charge in [0.25, 0.3) is 5.91 Å². The van der Waals surface area contributed by atoms with Crippen molar-refractivity contribution in [3.8, 4) is 0 Å². The maximum absolute atomic E-state index is 15.1. The first-order valence-corrected chi connectivity index (χ1v) is 12.1. The number of amidine groups is 1. The molecule has 5 N–H and O–H groups in total. The lowest BCUT2D eigenvalue weighted by atomic mass is 9.78. The summed E-state index contributed by atoms with van der Waals surface area (Å²) in [6.07, 6.45) is 2.23. The van der Waals surface area contributed by atoms with E-state index in [1.807, 2.05) is 0 Å². The highest BCUT2D eigenvalue weighted by molar-refractivity contribution is 8.27. The molecule has 7 nitrogen and oxygen atoms in total. The summed E-state index contributed by atoms with van der Waals surface area (Å²) < 4.78 is 35.4. The fourth-order valence-corrected chi connectivity index (χ4v) is 7.85. The molecule has 2 aliphatic rings. The zero-order valence-corrected chi connectivity index (χ0v) is 19.8. The highest BCUT2D eigenvalue weighted by Crippen LogP contribution is 2.77. The fraction of sp³-hybridized carbons (Fsp3) is 0.409. The second-order valence-corrected chi connectivity index (χ2v) is 12.4. The van der Waals surface area contributed by atoms with Crippen LogP contribution >= 0.6 is 22.2 Å². The molecule has 0 radical (unpaired) electrons. The second-order valence-electron chi connectivity index (χ2n) is 9.05. The maximum Gasteiger partial charge on any atom is 0.274 e. The van der Waals surface area contributed by atoms with E-state index in [4.69, 9.17) is 17.3 Å². The van der Waals surface area contributed by atoms with Gasteiger partial charge in [0.05, 0.1) is 9.77 Å². The third-order valence-electron chi connectivity index (χ3n) is 7.26. The zero-order valence-electron chi connectivity index (χ0n) is 18.2. The zero-order chi connectivity index (χ0) is 23.7. The van der Waals surface area contributed by atoms with E-state index < -0.39 is 37.3 Å². The molecule has 1 fully saturated rings. The molecule has 0 spiro atoms. The Balaban J connectivity index is 1.77. The number of halogens is 2. The number of aromatic nitrogens is 1. The predicted octanol–water partition coefficient (Wildman–Crippen LogP) is 5.08. The smallest absolute Gasteiger partial charge is 0.274 e. The van der Waals surface area contributed by atoms with Gasteiger partial charge in [-0.2, -0.15) is 10.6 Å². The SMILES string of the molecule is Cc1cc(Cl)cnc1C(=O)Nc1ccc(F)c([C@@]2(C)N=C(N)[C@]3(C)CC[C@@]2(C)S3(O)O)c1. The van der Waals surface area contributed by atoms with Gasteiger partial charge in [0, 0.05) is 17.4 Å². The molecular formula is C22H26ClFN4O3S. The number of fused-ring (bicyclic) bond motifs is 2. The molecule has 1 aromatic heterocycles. The van der Waals surface area contributed by atoms with Gasteiger partial charge in [-0.25, -0.2) is 9.37 Å². The summed E-state index contributed by atoms with van der Waals surface area (Å²) in [5, 5.41) is 3.14. The summed E-state index contributed by atoms with van der Waals surface area (Å²) in [7, 11) is -3.27. The number of carbonyl (C=O) groups is 1. The molecule has 3 atom stereocenters. The number of nitrogens with two attached hydrogens (primary N) is 1. The number of pyridine rings is 1. The normalized spacial score (nSPS) is 31.7. The number of aryl methyl sites for hydroxylation is 1. The van der Waals surface area contributed by atoms with Crippen molar-refractivity contribution >= 4 is 39.6 Å². The van der Waals surface area contributed by atoms with Gasteiger partial charge < -0.3 is 11.1 Å². The number of hydrogen-bond donors (Lipinski definition) is 4. The van der Waals surface area contributed by atoms with Crippen LogP contribution in [-0.2, 0) is 5.54 Å². The predicted molar refractivity (Wildman–Crippen MR) is 126 cm³/mol. The molecule has 3 heterocycles. The van der Waals surface area contributed by atoms with Crippen molar-refractivity contribution in [3.05, 3.63) is 58.1 Å². The van der Waals surface area contributed by atoms with Crippen molar-refractivity contribution in [1.82, 2.24) is 4.98 Å². The Morgan fingerprint density at radius 3 is 2.59 bits per heavy atom. The van der Waals surface area contributed by atoms with Crippen LogP contribution < -0.4 is 11.1 Å². The van der Waals surface area contributed by atoms with Gasteiger partial charge >= 0.3 is 0 Å². The number of carbonyl (C=O) groups excluding carboxylic acids is 1. The fourth-order valence-electron chi connectivity index (χ4n) is 4.82. The molecule has 0 saturated carbocycles. The Kier molecular flexibility index (Phi) is 5.13. The Hall–Kier alpha value is -2.20. The Labute approximate surface area is 192 Å². The van der Waals surface area contributed by atoms with Crippen molar-refractivity contribution in [2.75, 3.05) is 5.32 Å². The lowest BCUT2D eigenvalue weighted by molar-refractivity contribution is 0.102. The monoisotopic (exact) mass is 480 g/mol. The van der Waals surface area contributed by atoms with E-state index in [0.29, 0.717) is 29.1 Å². The molecule has 1 aromatic carbocycles. The highest BCUT2D eigenvalue weighted by atomic mass is 35.5. The average Bonchev–Trinajstić information content (AvgIpc) is 2.85. The van der Waals surface area contributed by atoms with Crippen LogP contribution in [0.5, 0.6) is 0 Å². The number of aliphatic imine (C=N–C) groups is 1. The minimum absolute atomic E-state index is 0.102. The molecule has 1 amide bonds. The molecule has 10 heteroatoms. The second kappa shape index (κ2) is 7.15. The van der Waals surface area contributed by atoms with E-state index in [9.17, 15) is 13.9 Å². The van der Waals surface area contributed by atoms with Gasteiger partial charge in [-0.1, -0.05) is 11.6 Å². The number of hydrogen-bond acceptors (Lipinski definition) is 6. The van der Waals surface area contributed by atoms with E-state index >= 15 is 4.39 Å². The summed E-state index contributed by atoms with van der Waals surface area (Å²) in [6, 6.07) is 5.75. The standard InChI is InChI=1S/C22H26ClFN4O3S/c1-12-9-13(23)11-26-17(12)18(29)27-14-5-6-16(24)15(10-14)22(4)21(3)8-7-20(2,19(25)28-22)32(21,30)31/h5-6,9-11,30-31H,7-8H2,1-4H3,(H2,25,28)(H,27,29)/t20-,21+,22+/m0/s1. The lowest BCUT2D eigenvalue weighted by Crippen LogP contribution is -2.58. The maximum atomic E-state index is 15.1. The molecular weight excluding hydrogens is 455 g/mol. The van der Waals surface area contributed by atoms with Crippen LogP contribution in [0.15, 0.2) is 35.5 Å². The molecule has 32 heavy (non-hydrogen) atoms. The molecule has 2 bridgehead atoms. The summed E-state index contributed by atoms with van der Waals surface area (Å²) in [5.41, 5.74) is 6.11. The van der Waals surface area contributed by atoms with Gasteiger partial charge in [0.2, 0.25) is 0 Å². The van der Waals surface area contributed by atoms with Gasteiger partial charge in [-0.05, 0) is 70.4 Å². The van der Waals surface area contributed by atoms with E-state index in [2.05, 4.69) is 15.3 Å². The van der Waals surface area contributed by atoms with Gasteiger partial charge in [0.15, 0.2) is 0 Å². The van der Waals surface area contributed by atoms with Crippen LogP contribution in [0.25, 0.3) is 0 Å². The molecule has 172 valence electrons. The van der Waals surface area contributed by atoms with Crippen LogP contribution in [0.4, 0.5) is 10.1 Å². The average molecular weight is 481 g/mol. The minimum Gasteiger partial charge on any atom is -0.386 e. The Bertz CT molecular complexity index is 1180. The van der Waals surface area contributed by atoms with E-state index in [1.165, 1.54) is 24.4 Å². The third kappa shape index (κ3) is 2.91. The summed E-state index contributed by atoms with van der Waals surface area (Å²) >= 11 is 5.91. The number of rotatable bonds is 3. The van der Waals surface area contributed by atoms with Crippen molar-refractivity contribution in [1.29, 1.82) is 0 Å². The van der Waals surface area contributed by atoms with Crippen molar-refractivity contribution < 1.29 is 18.3 Å². The topological polar surface area (TPSA) is 121 Å². The van der Waals surface area contributed by atoms with E-state index in [-0.39, 0.29) is 17.1 Å². The molecule has 2 aromatic rings. The molecule has 2 aliphatic heterocycles. The summed E-state index contributed by atoms with van der Waals surface area (Å²) in [6.45, 7) is 6.79. The van der Waals surface area contributed by atoms with E-state index in [0.717, 1.165) is 0 Å². The number of nitrogens with zero attached hydrogens (tertiary/aromatic N) is 2. The molecule has 0 unspecified atom stereocenters. The largest absolute Gasteiger partial charge is 0.386 e. The van der Waals surface area contributed by atoms with Crippen LogP contribution in [0.2, 0.25) is 5.02 Å². The Morgan fingerprint density at radius 2 is 1.94 bits per heavy atom. The van der Waals surface area contributed by atoms with E-state index in [1.54, 1.807) is 33.8 Å². The van der Waals surface area contributed by atoms with Crippen LogP contribution in [0.1, 0.15) is 55.2 Å². The van der Waals surface area contributed by atoms with Crippen LogP contribution in [0.3, 0.4) is 0 Å².